The van der Waals surface area contributed by atoms with E-state index in [1.165, 1.54) is 22.9 Å². The van der Waals surface area contributed by atoms with E-state index in [0.717, 1.165) is 10.8 Å². The van der Waals surface area contributed by atoms with Gasteiger partial charge in [0.25, 0.3) is 0 Å². The van der Waals surface area contributed by atoms with E-state index >= 15 is 0 Å². The summed E-state index contributed by atoms with van der Waals surface area (Å²) < 4.78 is 7.39. The summed E-state index contributed by atoms with van der Waals surface area (Å²) in [5.41, 5.74) is 3.58. The quantitative estimate of drug-likeness (QED) is 0.800. The van der Waals surface area contributed by atoms with Crippen LogP contribution in [0.25, 0.3) is 5.69 Å². The van der Waals surface area contributed by atoms with E-state index in [1.54, 1.807) is 6.20 Å². The molecule has 128 valence electrons. The Kier molecular flexibility index (Phi) is 5.26. The van der Waals surface area contributed by atoms with Gasteiger partial charge in [-0.3, -0.25) is 9.36 Å². The summed E-state index contributed by atoms with van der Waals surface area (Å²) in [6.45, 7) is 8.77. The van der Waals surface area contributed by atoms with E-state index in [0.29, 0.717) is 26.3 Å². The van der Waals surface area contributed by atoms with Gasteiger partial charge in [-0.15, -0.1) is 0 Å². The molecule has 0 unspecified atom stereocenters. The number of morpholine rings is 1. The van der Waals surface area contributed by atoms with Crippen LogP contribution in [0.4, 0.5) is 0 Å². The maximum absolute atomic E-state index is 12.6. The van der Waals surface area contributed by atoms with Gasteiger partial charge in [0.1, 0.15) is 0 Å². The standard InChI is InChI=1S/C18H23N3O2S/c1-13-5-4-6-16(14(13)2)21-8-7-19-18(21)24-15(3)17(22)20-9-11-23-12-10-20/h4-8,15H,9-12H2,1-3H3/t15-/m1/s1. The molecule has 0 bridgehead atoms. The Balaban J connectivity index is 1.78. The number of carbonyl (C=O) groups is 1. The van der Waals surface area contributed by atoms with Crippen LogP contribution < -0.4 is 0 Å². The van der Waals surface area contributed by atoms with Crippen molar-refractivity contribution in [3.8, 4) is 5.69 Å². The summed E-state index contributed by atoms with van der Waals surface area (Å²) in [7, 11) is 0. The summed E-state index contributed by atoms with van der Waals surface area (Å²) in [5.74, 6) is 0.152. The predicted octanol–water partition coefficient (Wildman–Crippen LogP) is 2.83. The van der Waals surface area contributed by atoms with Gasteiger partial charge in [-0.25, -0.2) is 4.98 Å². The minimum Gasteiger partial charge on any atom is -0.378 e. The van der Waals surface area contributed by atoms with Crippen LogP contribution >= 0.6 is 11.8 Å². The van der Waals surface area contributed by atoms with Crippen molar-refractivity contribution in [2.75, 3.05) is 26.3 Å². The van der Waals surface area contributed by atoms with Crippen molar-refractivity contribution in [2.45, 2.75) is 31.2 Å². The molecule has 1 aromatic heterocycles. The Morgan fingerprint density at radius 3 is 2.79 bits per heavy atom. The highest BCUT2D eigenvalue weighted by Crippen LogP contribution is 2.27. The van der Waals surface area contributed by atoms with Gasteiger partial charge in [0, 0.05) is 25.5 Å². The lowest BCUT2D eigenvalue weighted by Crippen LogP contribution is -2.44. The monoisotopic (exact) mass is 345 g/mol. The molecule has 1 aliphatic rings. The summed E-state index contributed by atoms with van der Waals surface area (Å²) in [6.07, 6.45) is 3.74. The third-order valence-corrected chi connectivity index (χ3v) is 5.46. The molecular weight excluding hydrogens is 322 g/mol. The molecule has 1 aromatic carbocycles. The number of aryl methyl sites for hydroxylation is 1. The van der Waals surface area contributed by atoms with Crippen LogP contribution in [0.3, 0.4) is 0 Å². The summed E-state index contributed by atoms with van der Waals surface area (Å²) in [6, 6.07) is 6.24. The van der Waals surface area contributed by atoms with Crippen LogP contribution in [0.5, 0.6) is 0 Å². The Labute approximate surface area is 147 Å². The number of ether oxygens (including phenoxy) is 1. The van der Waals surface area contributed by atoms with Gasteiger partial charge in [-0.05, 0) is 38.0 Å². The number of thioether (sulfide) groups is 1. The van der Waals surface area contributed by atoms with Crippen LogP contribution in [-0.4, -0.2) is 51.9 Å². The molecule has 6 heteroatoms. The molecule has 3 rings (SSSR count). The van der Waals surface area contributed by atoms with Crippen LogP contribution in [0.1, 0.15) is 18.1 Å². The van der Waals surface area contributed by atoms with Crippen molar-refractivity contribution in [1.82, 2.24) is 14.5 Å². The summed E-state index contributed by atoms with van der Waals surface area (Å²) in [5, 5.41) is 0.673. The molecule has 5 nitrogen and oxygen atoms in total. The molecule has 0 spiro atoms. The number of benzene rings is 1. The number of aromatic nitrogens is 2. The maximum Gasteiger partial charge on any atom is 0.236 e. The highest BCUT2D eigenvalue weighted by Gasteiger charge is 2.24. The molecule has 2 aromatic rings. The average Bonchev–Trinajstić information content (AvgIpc) is 3.05. The fraction of sp³-hybridized carbons (Fsp3) is 0.444. The first-order chi connectivity index (χ1) is 11.6. The van der Waals surface area contributed by atoms with Gasteiger partial charge in [-0.2, -0.15) is 0 Å². The SMILES string of the molecule is Cc1cccc(-n2ccnc2S[C@H](C)C(=O)N2CCOCC2)c1C. The Hall–Kier alpha value is -1.79. The van der Waals surface area contributed by atoms with E-state index in [9.17, 15) is 4.79 Å². The molecular formula is C18H23N3O2S. The first-order valence-electron chi connectivity index (χ1n) is 8.21. The zero-order valence-electron chi connectivity index (χ0n) is 14.4. The van der Waals surface area contributed by atoms with Gasteiger partial charge in [0.2, 0.25) is 5.91 Å². The number of rotatable bonds is 4. The molecule has 1 fully saturated rings. The lowest BCUT2D eigenvalue weighted by atomic mass is 10.1. The predicted molar refractivity (Wildman–Crippen MR) is 95.8 cm³/mol. The second-order valence-electron chi connectivity index (χ2n) is 6.00. The molecule has 0 saturated carbocycles. The number of hydrogen-bond acceptors (Lipinski definition) is 4. The minimum absolute atomic E-state index is 0.152. The Morgan fingerprint density at radius 1 is 1.29 bits per heavy atom. The first-order valence-corrected chi connectivity index (χ1v) is 9.09. The lowest BCUT2D eigenvalue weighted by Gasteiger charge is -2.29. The topological polar surface area (TPSA) is 47.4 Å². The second kappa shape index (κ2) is 7.40. The Morgan fingerprint density at radius 2 is 2.04 bits per heavy atom. The lowest BCUT2D eigenvalue weighted by molar-refractivity contribution is -0.134. The average molecular weight is 345 g/mol. The molecule has 0 aliphatic carbocycles. The first kappa shape index (κ1) is 17.0. The van der Waals surface area contributed by atoms with E-state index < -0.39 is 0 Å². The van der Waals surface area contributed by atoms with E-state index in [2.05, 4.69) is 41.6 Å². The van der Waals surface area contributed by atoms with E-state index in [4.69, 9.17) is 4.74 Å². The molecule has 24 heavy (non-hydrogen) atoms. The van der Waals surface area contributed by atoms with Crippen LogP contribution in [0, 0.1) is 13.8 Å². The van der Waals surface area contributed by atoms with Crippen molar-refractivity contribution in [1.29, 1.82) is 0 Å². The highest BCUT2D eigenvalue weighted by atomic mass is 32.2. The number of nitrogens with zero attached hydrogens (tertiary/aromatic N) is 3. The van der Waals surface area contributed by atoms with Gasteiger partial charge >= 0.3 is 0 Å². The fourth-order valence-electron chi connectivity index (χ4n) is 2.81. The second-order valence-corrected chi connectivity index (χ2v) is 7.30. The summed E-state index contributed by atoms with van der Waals surface area (Å²) in [4.78, 5) is 18.9. The molecule has 1 aliphatic heterocycles. The van der Waals surface area contributed by atoms with Gasteiger partial charge in [0.05, 0.1) is 24.2 Å². The molecule has 0 radical (unpaired) electrons. The number of hydrogen-bond donors (Lipinski definition) is 0. The smallest absolute Gasteiger partial charge is 0.236 e. The Bertz CT molecular complexity index is 723. The zero-order chi connectivity index (χ0) is 17.1. The van der Waals surface area contributed by atoms with Gasteiger partial charge in [0.15, 0.2) is 5.16 Å². The third kappa shape index (κ3) is 3.49. The molecule has 1 saturated heterocycles. The largest absolute Gasteiger partial charge is 0.378 e. The highest BCUT2D eigenvalue weighted by molar-refractivity contribution is 8.00. The summed E-state index contributed by atoms with van der Waals surface area (Å²) >= 11 is 1.51. The molecule has 1 amide bonds. The van der Waals surface area contributed by atoms with Crippen LogP contribution in [0.2, 0.25) is 0 Å². The fourth-order valence-corrected chi connectivity index (χ4v) is 3.77. The van der Waals surface area contributed by atoms with Gasteiger partial charge < -0.3 is 9.64 Å². The maximum atomic E-state index is 12.6. The van der Waals surface area contributed by atoms with Crippen molar-refractivity contribution in [3.05, 3.63) is 41.7 Å². The number of imidazole rings is 1. The minimum atomic E-state index is -0.172. The molecule has 0 N–H and O–H groups in total. The van der Waals surface area contributed by atoms with E-state index in [-0.39, 0.29) is 11.2 Å². The van der Waals surface area contributed by atoms with Crippen molar-refractivity contribution in [2.24, 2.45) is 0 Å². The zero-order valence-corrected chi connectivity index (χ0v) is 15.2. The number of carbonyl (C=O) groups excluding carboxylic acids is 1. The van der Waals surface area contributed by atoms with Crippen LogP contribution in [-0.2, 0) is 9.53 Å². The van der Waals surface area contributed by atoms with Crippen molar-refractivity contribution >= 4 is 17.7 Å². The van der Waals surface area contributed by atoms with E-state index in [1.807, 2.05) is 18.0 Å². The third-order valence-electron chi connectivity index (χ3n) is 4.40. The van der Waals surface area contributed by atoms with Crippen molar-refractivity contribution in [3.63, 3.8) is 0 Å². The normalized spacial score (nSPS) is 16.2. The molecule has 2 heterocycles. The number of amides is 1. The van der Waals surface area contributed by atoms with Gasteiger partial charge in [-0.1, -0.05) is 23.9 Å². The van der Waals surface area contributed by atoms with Crippen LogP contribution in [0.15, 0.2) is 35.7 Å². The molecule has 1 atom stereocenters. The van der Waals surface area contributed by atoms with Crippen molar-refractivity contribution < 1.29 is 9.53 Å².